The van der Waals surface area contributed by atoms with Gasteiger partial charge < -0.3 is 0 Å². The van der Waals surface area contributed by atoms with Gasteiger partial charge in [0.1, 0.15) is 0 Å². The largest absolute Gasteiger partial charge is 0.294 e. The molecule has 1 aliphatic rings. The number of nitrogens with zero attached hydrogens (tertiary/aromatic N) is 1. The SMILES string of the molecule is CC(C(=O)c1ccccc1)N(C)C1CCCCCC1. The Morgan fingerprint density at radius 2 is 1.68 bits per heavy atom. The molecule has 0 saturated heterocycles. The van der Waals surface area contributed by atoms with Crippen LogP contribution in [0.1, 0.15) is 55.8 Å². The molecular formula is C17H25NO. The quantitative estimate of drug-likeness (QED) is 0.603. The van der Waals surface area contributed by atoms with Crippen molar-refractivity contribution in [3.8, 4) is 0 Å². The topological polar surface area (TPSA) is 20.3 Å². The molecule has 2 heteroatoms. The summed E-state index contributed by atoms with van der Waals surface area (Å²) in [5.41, 5.74) is 0.829. The van der Waals surface area contributed by atoms with Crippen molar-refractivity contribution >= 4 is 5.78 Å². The van der Waals surface area contributed by atoms with Crippen molar-refractivity contribution < 1.29 is 4.79 Å². The highest BCUT2D eigenvalue weighted by Gasteiger charge is 2.25. The zero-order valence-electron chi connectivity index (χ0n) is 12.1. The van der Waals surface area contributed by atoms with E-state index in [4.69, 9.17) is 0 Å². The van der Waals surface area contributed by atoms with E-state index in [0.717, 1.165) is 5.56 Å². The van der Waals surface area contributed by atoms with E-state index < -0.39 is 0 Å². The lowest BCUT2D eigenvalue weighted by Gasteiger charge is -2.31. The molecule has 0 bridgehead atoms. The fraction of sp³-hybridized carbons (Fsp3) is 0.588. The van der Waals surface area contributed by atoms with E-state index in [0.29, 0.717) is 6.04 Å². The Morgan fingerprint density at radius 3 is 2.26 bits per heavy atom. The first kappa shape index (κ1) is 14.3. The van der Waals surface area contributed by atoms with Gasteiger partial charge in [0.15, 0.2) is 5.78 Å². The molecule has 0 N–H and O–H groups in total. The number of carbonyl (C=O) groups is 1. The molecule has 1 saturated carbocycles. The Morgan fingerprint density at radius 1 is 1.11 bits per heavy atom. The Hall–Kier alpha value is -1.15. The standard InChI is InChI=1S/C17H25NO/c1-14(17(19)15-10-6-5-7-11-15)18(2)16-12-8-3-4-9-13-16/h5-7,10-11,14,16H,3-4,8-9,12-13H2,1-2H3. The molecule has 19 heavy (non-hydrogen) atoms. The summed E-state index contributed by atoms with van der Waals surface area (Å²) < 4.78 is 0. The molecule has 104 valence electrons. The Kier molecular flexibility index (Phi) is 5.15. The average Bonchev–Trinajstić information content (AvgIpc) is 2.75. The molecule has 1 aromatic carbocycles. The molecule has 2 nitrogen and oxygen atoms in total. The number of hydrogen-bond acceptors (Lipinski definition) is 2. The van der Waals surface area contributed by atoms with E-state index >= 15 is 0 Å². The van der Waals surface area contributed by atoms with E-state index in [2.05, 4.69) is 11.9 Å². The lowest BCUT2D eigenvalue weighted by Crippen LogP contribution is -2.42. The van der Waals surface area contributed by atoms with Gasteiger partial charge in [-0.1, -0.05) is 56.0 Å². The third kappa shape index (κ3) is 3.66. The van der Waals surface area contributed by atoms with Gasteiger partial charge in [-0.25, -0.2) is 0 Å². The third-order valence-electron chi connectivity index (χ3n) is 4.45. The highest BCUT2D eigenvalue weighted by molar-refractivity contribution is 5.99. The zero-order chi connectivity index (χ0) is 13.7. The summed E-state index contributed by atoms with van der Waals surface area (Å²) in [6.45, 7) is 2.04. The summed E-state index contributed by atoms with van der Waals surface area (Å²) in [6, 6.07) is 10.2. The van der Waals surface area contributed by atoms with Crippen LogP contribution in [0.2, 0.25) is 0 Å². The molecule has 0 amide bonds. The Labute approximate surface area is 116 Å². The first-order chi connectivity index (χ1) is 9.20. The second-order valence-electron chi connectivity index (χ2n) is 5.72. The summed E-state index contributed by atoms with van der Waals surface area (Å²) in [6.07, 6.45) is 7.80. The number of rotatable bonds is 4. The number of likely N-dealkylation sites (N-methyl/N-ethyl adjacent to an activating group) is 1. The molecule has 1 aliphatic carbocycles. The van der Waals surface area contributed by atoms with Crippen LogP contribution in [-0.4, -0.2) is 29.8 Å². The van der Waals surface area contributed by atoms with Gasteiger partial charge in [0.2, 0.25) is 0 Å². The van der Waals surface area contributed by atoms with Crippen molar-refractivity contribution in [1.82, 2.24) is 4.90 Å². The molecule has 0 aliphatic heterocycles. The highest BCUT2D eigenvalue weighted by Crippen LogP contribution is 2.23. The molecule has 1 atom stereocenters. The first-order valence-electron chi connectivity index (χ1n) is 7.51. The summed E-state index contributed by atoms with van der Waals surface area (Å²) in [5, 5.41) is 0. The van der Waals surface area contributed by atoms with E-state index in [1.807, 2.05) is 37.3 Å². The molecule has 0 heterocycles. The normalized spacial score (nSPS) is 19.1. The van der Waals surface area contributed by atoms with Gasteiger partial charge in [-0.15, -0.1) is 0 Å². The van der Waals surface area contributed by atoms with Crippen LogP contribution in [-0.2, 0) is 0 Å². The Bertz CT molecular complexity index is 393. The first-order valence-corrected chi connectivity index (χ1v) is 7.51. The lowest BCUT2D eigenvalue weighted by molar-refractivity contribution is 0.0802. The molecule has 1 unspecified atom stereocenters. The van der Waals surface area contributed by atoms with Crippen LogP contribution in [0, 0.1) is 0 Å². The second kappa shape index (κ2) is 6.85. The van der Waals surface area contributed by atoms with Crippen molar-refractivity contribution in [3.05, 3.63) is 35.9 Å². The van der Waals surface area contributed by atoms with Crippen LogP contribution in [0.3, 0.4) is 0 Å². The third-order valence-corrected chi connectivity index (χ3v) is 4.45. The summed E-state index contributed by atoms with van der Waals surface area (Å²) >= 11 is 0. The van der Waals surface area contributed by atoms with Crippen molar-refractivity contribution in [2.75, 3.05) is 7.05 Å². The van der Waals surface area contributed by atoms with E-state index in [-0.39, 0.29) is 11.8 Å². The van der Waals surface area contributed by atoms with Crippen molar-refractivity contribution in [3.63, 3.8) is 0 Å². The molecule has 2 rings (SSSR count). The maximum absolute atomic E-state index is 12.5. The molecule has 1 fully saturated rings. The maximum atomic E-state index is 12.5. The summed E-state index contributed by atoms with van der Waals surface area (Å²) in [5.74, 6) is 0.243. The van der Waals surface area contributed by atoms with E-state index in [1.54, 1.807) is 0 Å². The highest BCUT2D eigenvalue weighted by atomic mass is 16.1. The van der Waals surface area contributed by atoms with Crippen LogP contribution in [0.4, 0.5) is 0 Å². The number of Topliss-reactive ketones (excluding diaryl/α,β-unsaturated/α-hetero) is 1. The second-order valence-corrected chi connectivity index (χ2v) is 5.72. The molecule has 0 radical (unpaired) electrons. The van der Waals surface area contributed by atoms with Gasteiger partial charge in [0.25, 0.3) is 0 Å². The summed E-state index contributed by atoms with van der Waals surface area (Å²) in [7, 11) is 2.11. The smallest absolute Gasteiger partial charge is 0.179 e. The van der Waals surface area contributed by atoms with Gasteiger partial charge in [0.05, 0.1) is 6.04 Å². The molecule has 1 aromatic rings. The van der Waals surface area contributed by atoms with Gasteiger partial charge in [-0.05, 0) is 26.8 Å². The van der Waals surface area contributed by atoms with Gasteiger partial charge in [-0.2, -0.15) is 0 Å². The fourth-order valence-electron chi connectivity index (χ4n) is 3.01. The molecular weight excluding hydrogens is 234 g/mol. The van der Waals surface area contributed by atoms with E-state index in [9.17, 15) is 4.79 Å². The van der Waals surface area contributed by atoms with Gasteiger partial charge in [-0.3, -0.25) is 9.69 Å². The predicted molar refractivity (Wildman–Crippen MR) is 79.5 cm³/mol. The minimum absolute atomic E-state index is 0.0227. The lowest BCUT2D eigenvalue weighted by atomic mass is 10.0. The number of ketones is 1. The predicted octanol–water partition coefficient (Wildman–Crippen LogP) is 3.91. The van der Waals surface area contributed by atoms with Crippen molar-refractivity contribution in [2.24, 2.45) is 0 Å². The fourth-order valence-corrected chi connectivity index (χ4v) is 3.01. The Balaban J connectivity index is 2.01. The van der Waals surface area contributed by atoms with E-state index in [1.165, 1.54) is 38.5 Å². The van der Waals surface area contributed by atoms with Gasteiger partial charge in [0, 0.05) is 11.6 Å². The van der Waals surface area contributed by atoms with Gasteiger partial charge >= 0.3 is 0 Å². The maximum Gasteiger partial charge on any atom is 0.179 e. The minimum Gasteiger partial charge on any atom is -0.294 e. The van der Waals surface area contributed by atoms with Crippen LogP contribution in [0.15, 0.2) is 30.3 Å². The number of benzene rings is 1. The summed E-state index contributed by atoms with van der Waals surface area (Å²) in [4.78, 5) is 14.8. The van der Waals surface area contributed by atoms with Crippen LogP contribution in [0.25, 0.3) is 0 Å². The monoisotopic (exact) mass is 259 g/mol. The molecule has 0 spiro atoms. The number of carbonyl (C=O) groups excluding carboxylic acids is 1. The molecule has 0 aromatic heterocycles. The average molecular weight is 259 g/mol. The number of hydrogen-bond donors (Lipinski definition) is 0. The van der Waals surface area contributed by atoms with Crippen molar-refractivity contribution in [2.45, 2.75) is 57.5 Å². The van der Waals surface area contributed by atoms with Crippen LogP contribution >= 0.6 is 0 Å². The van der Waals surface area contributed by atoms with Crippen LogP contribution < -0.4 is 0 Å². The van der Waals surface area contributed by atoms with Crippen molar-refractivity contribution in [1.29, 1.82) is 0 Å². The van der Waals surface area contributed by atoms with Crippen LogP contribution in [0.5, 0.6) is 0 Å². The zero-order valence-corrected chi connectivity index (χ0v) is 12.1. The minimum atomic E-state index is -0.0227.